The summed E-state index contributed by atoms with van der Waals surface area (Å²) in [6.07, 6.45) is 5.16. The van der Waals surface area contributed by atoms with Gasteiger partial charge in [-0.25, -0.2) is 4.39 Å². The van der Waals surface area contributed by atoms with Crippen molar-refractivity contribution in [1.29, 1.82) is 0 Å². The molecule has 1 heterocycles. The fourth-order valence-electron chi connectivity index (χ4n) is 2.98. The summed E-state index contributed by atoms with van der Waals surface area (Å²) < 4.78 is 13.5. The van der Waals surface area contributed by atoms with Gasteiger partial charge >= 0.3 is 0 Å². The summed E-state index contributed by atoms with van der Waals surface area (Å²) in [7, 11) is 0. The lowest BCUT2D eigenvalue weighted by molar-refractivity contribution is 0.271. The number of benzene rings is 1. The molecule has 1 unspecified atom stereocenters. The van der Waals surface area contributed by atoms with Gasteiger partial charge in [-0.1, -0.05) is 19.4 Å². The number of rotatable bonds is 4. The van der Waals surface area contributed by atoms with Crippen LogP contribution in [0.1, 0.15) is 43.7 Å². The second-order valence-corrected chi connectivity index (χ2v) is 5.65. The van der Waals surface area contributed by atoms with E-state index in [-0.39, 0.29) is 5.82 Å². The molecule has 1 aromatic rings. The zero-order chi connectivity index (χ0) is 13.7. The summed E-state index contributed by atoms with van der Waals surface area (Å²) in [4.78, 5) is 2.45. The summed E-state index contributed by atoms with van der Waals surface area (Å²) in [6.45, 7) is 5.79. The molecule has 19 heavy (non-hydrogen) atoms. The molecule has 1 aromatic carbocycles. The van der Waals surface area contributed by atoms with Crippen LogP contribution < -0.4 is 5.73 Å². The minimum atomic E-state index is -0.167. The zero-order valence-electron chi connectivity index (χ0n) is 11.9. The molecule has 2 N–H and O–H groups in total. The number of hydrogen-bond acceptors (Lipinski definition) is 2. The van der Waals surface area contributed by atoms with Crippen LogP contribution in [0.25, 0.3) is 0 Å². The Morgan fingerprint density at radius 1 is 1.21 bits per heavy atom. The fourth-order valence-corrected chi connectivity index (χ4v) is 2.98. The van der Waals surface area contributed by atoms with Crippen molar-refractivity contribution in [2.24, 2.45) is 11.7 Å². The molecule has 1 aliphatic rings. The van der Waals surface area contributed by atoms with Crippen molar-refractivity contribution >= 4 is 0 Å². The van der Waals surface area contributed by atoms with Crippen LogP contribution in [-0.4, -0.2) is 18.0 Å². The van der Waals surface area contributed by atoms with Gasteiger partial charge in [0, 0.05) is 13.1 Å². The van der Waals surface area contributed by atoms with Gasteiger partial charge in [-0.05, 0) is 61.5 Å². The lowest BCUT2D eigenvalue weighted by Crippen LogP contribution is -2.24. The Labute approximate surface area is 115 Å². The first-order valence-corrected chi connectivity index (χ1v) is 7.42. The molecule has 1 atom stereocenters. The standard InChI is InChI=1S/C16H25FN2/c1-2-13-4-3-6-19(7-5-13)12-15-8-14(11-18)9-16(17)10-15/h8-10,13H,2-7,11-12,18H2,1H3. The maximum absolute atomic E-state index is 13.5. The van der Waals surface area contributed by atoms with E-state index in [0.29, 0.717) is 6.54 Å². The summed E-state index contributed by atoms with van der Waals surface area (Å²) in [5.74, 6) is 0.705. The van der Waals surface area contributed by atoms with Crippen LogP contribution >= 0.6 is 0 Å². The van der Waals surface area contributed by atoms with Gasteiger partial charge in [0.15, 0.2) is 0 Å². The Kier molecular flexibility index (Phi) is 5.34. The van der Waals surface area contributed by atoms with Crippen molar-refractivity contribution in [2.75, 3.05) is 13.1 Å². The highest BCUT2D eigenvalue weighted by Crippen LogP contribution is 2.21. The number of nitrogens with zero attached hydrogens (tertiary/aromatic N) is 1. The van der Waals surface area contributed by atoms with E-state index >= 15 is 0 Å². The predicted octanol–water partition coefficient (Wildman–Crippen LogP) is 3.30. The van der Waals surface area contributed by atoms with E-state index in [1.165, 1.54) is 31.7 Å². The average molecular weight is 264 g/mol. The third kappa shape index (κ3) is 4.29. The largest absolute Gasteiger partial charge is 0.326 e. The number of halogens is 1. The fraction of sp³-hybridized carbons (Fsp3) is 0.625. The van der Waals surface area contributed by atoms with Crippen molar-refractivity contribution in [3.05, 3.63) is 35.1 Å². The molecule has 0 radical (unpaired) electrons. The highest BCUT2D eigenvalue weighted by Gasteiger charge is 2.16. The Hall–Kier alpha value is -0.930. The van der Waals surface area contributed by atoms with Gasteiger partial charge in [0.2, 0.25) is 0 Å². The minimum absolute atomic E-state index is 0.167. The van der Waals surface area contributed by atoms with E-state index in [1.54, 1.807) is 6.07 Å². The van der Waals surface area contributed by atoms with Gasteiger partial charge in [0.25, 0.3) is 0 Å². The van der Waals surface area contributed by atoms with Crippen LogP contribution in [-0.2, 0) is 13.1 Å². The molecule has 2 rings (SSSR count). The topological polar surface area (TPSA) is 29.3 Å². The van der Waals surface area contributed by atoms with Crippen molar-refractivity contribution in [1.82, 2.24) is 4.90 Å². The molecule has 106 valence electrons. The summed E-state index contributed by atoms with van der Waals surface area (Å²) in [5.41, 5.74) is 7.54. The second-order valence-electron chi connectivity index (χ2n) is 5.65. The third-order valence-electron chi connectivity index (χ3n) is 4.18. The summed E-state index contributed by atoms with van der Waals surface area (Å²) in [5, 5.41) is 0. The van der Waals surface area contributed by atoms with E-state index in [1.807, 2.05) is 6.07 Å². The maximum Gasteiger partial charge on any atom is 0.123 e. The number of hydrogen-bond donors (Lipinski definition) is 1. The molecule has 1 saturated heterocycles. The van der Waals surface area contributed by atoms with E-state index in [2.05, 4.69) is 11.8 Å². The van der Waals surface area contributed by atoms with Gasteiger partial charge in [0.05, 0.1) is 0 Å². The molecule has 0 aliphatic carbocycles. The molecule has 0 bridgehead atoms. The summed E-state index contributed by atoms with van der Waals surface area (Å²) >= 11 is 0. The van der Waals surface area contributed by atoms with Crippen LogP contribution in [0.5, 0.6) is 0 Å². The van der Waals surface area contributed by atoms with E-state index in [9.17, 15) is 4.39 Å². The van der Waals surface area contributed by atoms with E-state index < -0.39 is 0 Å². The highest BCUT2D eigenvalue weighted by molar-refractivity contribution is 5.24. The van der Waals surface area contributed by atoms with Crippen LogP contribution in [0.2, 0.25) is 0 Å². The van der Waals surface area contributed by atoms with Gasteiger partial charge < -0.3 is 5.73 Å². The van der Waals surface area contributed by atoms with Gasteiger partial charge in [0.1, 0.15) is 5.82 Å². The lowest BCUT2D eigenvalue weighted by atomic mass is 9.98. The first-order chi connectivity index (χ1) is 9.21. The zero-order valence-corrected chi connectivity index (χ0v) is 11.9. The molecule has 0 spiro atoms. The predicted molar refractivity (Wildman–Crippen MR) is 77.2 cm³/mol. The first kappa shape index (κ1) is 14.5. The summed E-state index contributed by atoms with van der Waals surface area (Å²) in [6, 6.07) is 5.20. The molecule has 3 heteroatoms. The molecule has 0 saturated carbocycles. The normalized spacial score (nSPS) is 21.3. The maximum atomic E-state index is 13.5. The highest BCUT2D eigenvalue weighted by atomic mass is 19.1. The van der Waals surface area contributed by atoms with Gasteiger partial charge in [-0.3, -0.25) is 4.90 Å². The number of likely N-dealkylation sites (tertiary alicyclic amines) is 1. The van der Waals surface area contributed by atoms with Crippen LogP contribution in [0.3, 0.4) is 0 Å². The molecule has 0 amide bonds. The SMILES string of the molecule is CCC1CCCN(Cc2cc(F)cc(CN)c2)CC1. The molecule has 1 aliphatic heterocycles. The minimum Gasteiger partial charge on any atom is -0.326 e. The Morgan fingerprint density at radius 3 is 2.74 bits per heavy atom. The van der Waals surface area contributed by atoms with E-state index in [0.717, 1.165) is 36.7 Å². The molecular weight excluding hydrogens is 239 g/mol. The number of nitrogens with two attached hydrogens (primary N) is 1. The average Bonchev–Trinajstić information content (AvgIpc) is 2.63. The van der Waals surface area contributed by atoms with Crippen LogP contribution in [0.4, 0.5) is 4.39 Å². The van der Waals surface area contributed by atoms with Gasteiger partial charge in [-0.15, -0.1) is 0 Å². The quantitative estimate of drug-likeness (QED) is 0.904. The Morgan fingerprint density at radius 2 is 2.00 bits per heavy atom. The smallest absolute Gasteiger partial charge is 0.123 e. The van der Waals surface area contributed by atoms with Crippen molar-refractivity contribution in [3.63, 3.8) is 0 Å². The monoisotopic (exact) mass is 264 g/mol. The van der Waals surface area contributed by atoms with Crippen molar-refractivity contribution in [3.8, 4) is 0 Å². The lowest BCUT2D eigenvalue weighted by Gasteiger charge is -2.20. The van der Waals surface area contributed by atoms with Crippen LogP contribution in [0.15, 0.2) is 18.2 Å². The van der Waals surface area contributed by atoms with E-state index in [4.69, 9.17) is 5.73 Å². The van der Waals surface area contributed by atoms with Crippen LogP contribution in [0, 0.1) is 11.7 Å². The van der Waals surface area contributed by atoms with Crippen molar-refractivity contribution in [2.45, 2.75) is 45.7 Å². The first-order valence-electron chi connectivity index (χ1n) is 7.42. The molecule has 0 aromatic heterocycles. The van der Waals surface area contributed by atoms with Gasteiger partial charge in [-0.2, -0.15) is 0 Å². The Balaban J connectivity index is 1.98. The molecule has 2 nitrogen and oxygen atoms in total. The van der Waals surface area contributed by atoms with Crippen molar-refractivity contribution < 1.29 is 4.39 Å². The Bertz CT molecular complexity index is 406. The molecule has 1 fully saturated rings. The second kappa shape index (κ2) is 7.01. The third-order valence-corrected chi connectivity index (χ3v) is 4.18. The molecular formula is C16H25FN2.